The molecular formula is C64H120O10. The summed E-state index contributed by atoms with van der Waals surface area (Å²) in [5, 5.41) is 0. The molecular weight excluding hydrogens is 929 g/mol. The number of hydrogen-bond donors (Lipinski definition) is 0. The molecule has 0 N–H and O–H groups in total. The summed E-state index contributed by atoms with van der Waals surface area (Å²) in [5.41, 5.74) is 0.455. The van der Waals surface area contributed by atoms with Crippen molar-refractivity contribution in [3.8, 4) is 0 Å². The van der Waals surface area contributed by atoms with Crippen molar-refractivity contribution in [2.24, 2.45) is 33.5 Å². The van der Waals surface area contributed by atoms with Crippen LogP contribution in [0.25, 0.3) is 0 Å². The predicted molar refractivity (Wildman–Crippen MR) is 303 cm³/mol. The third-order valence-electron chi connectivity index (χ3n) is 17.2. The zero-order valence-corrected chi connectivity index (χ0v) is 50.7. The summed E-state index contributed by atoms with van der Waals surface area (Å²) in [5.74, 6) is -1.32. The Hall–Kier alpha value is -0.660. The normalized spacial score (nSPS) is 22.6. The first kappa shape index (κ1) is 65.9. The van der Waals surface area contributed by atoms with Crippen LogP contribution >= 0.6 is 0 Å². The standard InChI is InChI=1S/C64H120O10/c1-14-22-30-61(31-23-15-2)67-46-57(10,47-68-61)38-55(39-58(11)48-69-62(70-49-58,32-24-16-3)33-25-17-4)44-65-42-54(9)43-66-45-56(40-59(12)50-71-63(72-51-59,34-26-18-5)35-27-19-6)41-60(13)52-73-64(74-53-60,36-28-20-7)37-29-21-8/h55-56H,9,14-53H2,1-8,10-13H3. The molecule has 0 spiro atoms. The van der Waals surface area contributed by atoms with Crippen molar-refractivity contribution in [3.63, 3.8) is 0 Å². The second-order valence-corrected chi connectivity index (χ2v) is 26.4. The topological polar surface area (TPSA) is 92.3 Å². The van der Waals surface area contributed by atoms with Gasteiger partial charge in [0.2, 0.25) is 0 Å². The SMILES string of the molecule is C=C(COCC(CC1(C)COC(CCCC)(CCCC)OC1)CC1(C)COC(CCCC)(CCCC)OC1)COCC(CC1(C)COC(CCCC)(CCCC)OC1)CC1(C)COC(CCCC)(CCCC)OC1. The average Bonchev–Trinajstić information content (AvgIpc) is 3.39. The minimum absolute atomic E-state index is 0.126. The van der Waals surface area contributed by atoms with Gasteiger partial charge in [-0.15, -0.1) is 0 Å². The molecule has 0 aromatic rings. The van der Waals surface area contributed by atoms with E-state index in [0.717, 1.165) is 185 Å². The molecule has 4 saturated heterocycles. The van der Waals surface area contributed by atoms with Crippen molar-refractivity contribution in [1.82, 2.24) is 0 Å². The molecule has 0 bridgehead atoms. The molecule has 4 heterocycles. The molecule has 0 amide bonds. The highest BCUT2D eigenvalue weighted by Crippen LogP contribution is 2.47. The quantitative estimate of drug-likeness (QED) is 0.0553. The van der Waals surface area contributed by atoms with Gasteiger partial charge < -0.3 is 47.4 Å². The van der Waals surface area contributed by atoms with Crippen molar-refractivity contribution in [2.75, 3.05) is 79.3 Å². The van der Waals surface area contributed by atoms with E-state index in [-0.39, 0.29) is 33.5 Å². The molecule has 4 aliphatic rings. The van der Waals surface area contributed by atoms with Crippen LogP contribution in [-0.2, 0) is 47.4 Å². The van der Waals surface area contributed by atoms with E-state index in [4.69, 9.17) is 47.4 Å². The van der Waals surface area contributed by atoms with Crippen LogP contribution in [0.3, 0.4) is 0 Å². The van der Waals surface area contributed by atoms with Gasteiger partial charge in [-0.1, -0.05) is 141 Å². The Morgan fingerprint density at radius 1 is 0.338 bits per heavy atom. The van der Waals surface area contributed by atoms with Gasteiger partial charge in [0.05, 0.1) is 66.1 Å². The Morgan fingerprint density at radius 3 is 0.676 bits per heavy atom. The van der Waals surface area contributed by atoms with Crippen molar-refractivity contribution in [2.45, 2.75) is 286 Å². The van der Waals surface area contributed by atoms with Gasteiger partial charge in [0.1, 0.15) is 0 Å². The molecule has 4 rings (SSSR count). The van der Waals surface area contributed by atoms with E-state index >= 15 is 0 Å². The zero-order chi connectivity index (χ0) is 54.1. The fourth-order valence-electron chi connectivity index (χ4n) is 12.4. The van der Waals surface area contributed by atoms with Crippen LogP contribution in [0.1, 0.15) is 263 Å². The third kappa shape index (κ3) is 21.8. The summed E-state index contributed by atoms with van der Waals surface area (Å²) in [4.78, 5) is 0. The lowest BCUT2D eigenvalue weighted by atomic mass is 9.74. The first-order chi connectivity index (χ1) is 35.4. The minimum Gasteiger partial charge on any atom is -0.377 e. The molecule has 4 fully saturated rings. The summed E-state index contributed by atoms with van der Waals surface area (Å²) in [6, 6.07) is 0. The smallest absolute Gasteiger partial charge is 0.168 e. The summed E-state index contributed by atoms with van der Waals surface area (Å²) < 4.78 is 68.0. The Morgan fingerprint density at radius 2 is 0.514 bits per heavy atom. The van der Waals surface area contributed by atoms with Gasteiger partial charge in [0, 0.05) is 86.2 Å². The number of hydrogen-bond acceptors (Lipinski definition) is 10. The summed E-state index contributed by atoms with van der Waals surface area (Å²) in [7, 11) is 0. The first-order valence-electron chi connectivity index (χ1n) is 31.3. The Kier molecular flexibility index (Phi) is 29.0. The van der Waals surface area contributed by atoms with E-state index in [1.54, 1.807) is 0 Å². The summed E-state index contributed by atoms with van der Waals surface area (Å²) >= 11 is 0. The van der Waals surface area contributed by atoms with Gasteiger partial charge in [-0.2, -0.15) is 0 Å². The largest absolute Gasteiger partial charge is 0.377 e. The molecule has 10 heteroatoms. The van der Waals surface area contributed by atoms with Gasteiger partial charge in [0.25, 0.3) is 0 Å². The van der Waals surface area contributed by atoms with Crippen LogP contribution in [0.2, 0.25) is 0 Å². The maximum absolute atomic E-state index is 6.82. The lowest BCUT2D eigenvalue weighted by Crippen LogP contribution is -2.51. The predicted octanol–water partition coefficient (Wildman–Crippen LogP) is 16.9. The lowest BCUT2D eigenvalue weighted by Gasteiger charge is -2.48. The minimum atomic E-state index is -0.459. The molecule has 0 unspecified atom stereocenters. The zero-order valence-electron chi connectivity index (χ0n) is 50.7. The van der Waals surface area contributed by atoms with E-state index in [9.17, 15) is 0 Å². The number of ether oxygens (including phenoxy) is 10. The van der Waals surface area contributed by atoms with Gasteiger partial charge in [-0.05, 0) is 94.5 Å². The lowest BCUT2D eigenvalue weighted by molar-refractivity contribution is -0.315. The van der Waals surface area contributed by atoms with Crippen molar-refractivity contribution in [3.05, 3.63) is 12.2 Å². The molecule has 4 aliphatic heterocycles. The molecule has 74 heavy (non-hydrogen) atoms. The van der Waals surface area contributed by atoms with E-state index in [0.29, 0.717) is 79.3 Å². The van der Waals surface area contributed by atoms with Gasteiger partial charge in [-0.3, -0.25) is 0 Å². The van der Waals surface area contributed by atoms with Crippen molar-refractivity contribution >= 4 is 0 Å². The van der Waals surface area contributed by atoms with Crippen LogP contribution in [0.4, 0.5) is 0 Å². The maximum atomic E-state index is 6.82. The molecule has 0 atom stereocenters. The van der Waals surface area contributed by atoms with Crippen LogP contribution in [-0.4, -0.2) is 102 Å². The van der Waals surface area contributed by atoms with Gasteiger partial charge >= 0.3 is 0 Å². The highest BCUT2D eigenvalue weighted by molar-refractivity contribution is 4.96. The molecule has 0 radical (unpaired) electrons. The van der Waals surface area contributed by atoms with E-state index in [1.807, 2.05) is 0 Å². The van der Waals surface area contributed by atoms with Crippen LogP contribution in [0.15, 0.2) is 12.2 Å². The van der Waals surface area contributed by atoms with E-state index in [2.05, 4.69) is 89.7 Å². The summed E-state index contributed by atoms with van der Waals surface area (Å²) in [6.45, 7) is 39.7. The Balaban J connectivity index is 1.44. The second-order valence-electron chi connectivity index (χ2n) is 26.4. The Labute approximate surface area is 456 Å². The van der Waals surface area contributed by atoms with E-state index < -0.39 is 23.1 Å². The second kappa shape index (κ2) is 32.6. The molecule has 0 saturated carbocycles. The number of unbranched alkanes of at least 4 members (excludes halogenated alkanes) is 8. The molecule has 0 aliphatic carbocycles. The fraction of sp³-hybridized carbons (Fsp3) is 0.969. The Bertz CT molecular complexity index is 1240. The van der Waals surface area contributed by atoms with E-state index in [1.165, 1.54) is 0 Å². The average molecular weight is 1050 g/mol. The van der Waals surface area contributed by atoms with Crippen molar-refractivity contribution in [1.29, 1.82) is 0 Å². The van der Waals surface area contributed by atoms with Gasteiger partial charge in [0.15, 0.2) is 23.1 Å². The third-order valence-corrected chi connectivity index (χ3v) is 17.2. The highest BCUT2D eigenvalue weighted by Gasteiger charge is 2.48. The molecule has 0 aromatic heterocycles. The van der Waals surface area contributed by atoms with Crippen molar-refractivity contribution < 1.29 is 47.4 Å². The number of rotatable bonds is 40. The van der Waals surface area contributed by atoms with Crippen LogP contribution in [0.5, 0.6) is 0 Å². The van der Waals surface area contributed by atoms with Gasteiger partial charge in [-0.25, -0.2) is 0 Å². The highest BCUT2D eigenvalue weighted by atomic mass is 16.7. The van der Waals surface area contributed by atoms with Crippen LogP contribution < -0.4 is 0 Å². The monoisotopic (exact) mass is 1050 g/mol. The molecule has 0 aromatic carbocycles. The first-order valence-corrected chi connectivity index (χ1v) is 31.3. The fourth-order valence-corrected chi connectivity index (χ4v) is 12.4. The maximum Gasteiger partial charge on any atom is 0.168 e. The molecule has 10 nitrogen and oxygen atoms in total. The van der Waals surface area contributed by atoms with Crippen LogP contribution in [0, 0.1) is 33.5 Å². The molecule has 436 valence electrons. The summed E-state index contributed by atoms with van der Waals surface area (Å²) in [6.07, 6.45) is 29.5.